The average Bonchev–Trinajstić information content (AvgIpc) is 2.51. The zero-order valence-corrected chi connectivity index (χ0v) is 13.9. The first-order valence-corrected chi connectivity index (χ1v) is 8.43. The van der Waals surface area contributed by atoms with Crippen LogP contribution in [-0.4, -0.2) is 29.3 Å². The zero-order chi connectivity index (χ0) is 14.8. The monoisotopic (exact) mass is 348 g/mol. The van der Waals surface area contributed by atoms with Gasteiger partial charge in [0.1, 0.15) is 5.82 Å². The normalized spacial score (nSPS) is 19.2. The van der Waals surface area contributed by atoms with Gasteiger partial charge in [0.15, 0.2) is 0 Å². The number of halogens is 1. The molecule has 0 spiro atoms. The fraction of sp³-hybridized carbons (Fsp3) is 0.471. The average molecular weight is 349 g/mol. The second-order valence-corrected chi connectivity index (χ2v) is 6.63. The van der Waals surface area contributed by atoms with E-state index in [-0.39, 0.29) is 6.61 Å². The number of nitrogens with zero attached hydrogens (tertiary/aromatic N) is 2. The van der Waals surface area contributed by atoms with Crippen molar-refractivity contribution in [2.45, 2.75) is 38.6 Å². The first kappa shape index (κ1) is 14.8. The molecule has 21 heavy (non-hydrogen) atoms. The van der Waals surface area contributed by atoms with E-state index in [0.29, 0.717) is 6.04 Å². The predicted molar refractivity (Wildman–Crippen MR) is 90.9 cm³/mol. The molecule has 1 aliphatic rings. The third kappa shape index (κ3) is 2.79. The van der Waals surface area contributed by atoms with Crippen LogP contribution in [0.25, 0.3) is 10.8 Å². The quantitative estimate of drug-likeness (QED) is 0.908. The number of aliphatic hydroxyl groups excluding tert-OH is 1. The molecule has 1 unspecified atom stereocenters. The van der Waals surface area contributed by atoms with Crippen molar-refractivity contribution in [2.75, 3.05) is 18.1 Å². The number of fused-ring (bicyclic) bond motifs is 1. The fourth-order valence-electron chi connectivity index (χ4n) is 3.33. The largest absolute Gasteiger partial charge is 0.396 e. The summed E-state index contributed by atoms with van der Waals surface area (Å²) >= 11 is 3.69. The minimum Gasteiger partial charge on any atom is -0.396 e. The van der Waals surface area contributed by atoms with Gasteiger partial charge >= 0.3 is 0 Å². The summed E-state index contributed by atoms with van der Waals surface area (Å²) in [6.07, 6.45) is 6.31. The highest BCUT2D eigenvalue weighted by molar-refractivity contribution is 9.10. The maximum absolute atomic E-state index is 9.34. The van der Waals surface area contributed by atoms with Crippen LogP contribution in [0.2, 0.25) is 0 Å². The topological polar surface area (TPSA) is 36.4 Å². The molecule has 0 aliphatic carbocycles. The Bertz CT molecular complexity index is 642. The maximum atomic E-state index is 9.34. The Hall–Kier alpha value is -1.13. The second kappa shape index (κ2) is 6.32. The first-order valence-electron chi connectivity index (χ1n) is 7.63. The van der Waals surface area contributed by atoms with E-state index in [9.17, 15) is 5.11 Å². The zero-order valence-electron chi connectivity index (χ0n) is 12.3. The van der Waals surface area contributed by atoms with Gasteiger partial charge in [0.05, 0.1) is 0 Å². The van der Waals surface area contributed by atoms with Crippen molar-refractivity contribution < 1.29 is 5.11 Å². The molecule has 1 aliphatic heterocycles. The highest BCUT2D eigenvalue weighted by atomic mass is 79.9. The third-order valence-corrected chi connectivity index (χ3v) is 5.10. The molecule has 0 radical (unpaired) electrons. The highest BCUT2D eigenvalue weighted by Crippen LogP contribution is 2.36. The number of rotatable bonds is 3. The first-order chi connectivity index (χ1) is 10.2. The minimum atomic E-state index is 0.242. The van der Waals surface area contributed by atoms with Crippen molar-refractivity contribution >= 4 is 32.5 Å². The maximum Gasteiger partial charge on any atom is 0.137 e. The lowest BCUT2D eigenvalue weighted by atomic mass is 9.98. The molecule has 1 aromatic heterocycles. The number of aromatic nitrogens is 1. The summed E-state index contributed by atoms with van der Waals surface area (Å²) < 4.78 is 1.10. The van der Waals surface area contributed by atoms with Gasteiger partial charge < -0.3 is 10.0 Å². The lowest BCUT2D eigenvalue weighted by Gasteiger charge is -2.37. The molecule has 0 saturated carbocycles. The van der Waals surface area contributed by atoms with Crippen molar-refractivity contribution in [3.8, 4) is 0 Å². The molecule has 2 heterocycles. The van der Waals surface area contributed by atoms with Crippen LogP contribution < -0.4 is 4.90 Å². The van der Waals surface area contributed by atoms with Crippen LogP contribution in [0.5, 0.6) is 0 Å². The van der Waals surface area contributed by atoms with Crippen LogP contribution in [0.1, 0.15) is 31.2 Å². The molecule has 4 heteroatoms. The van der Waals surface area contributed by atoms with Crippen LogP contribution >= 0.6 is 15.9 Å². The van der Waals surface area contributed by atoms with Gasteiger partial charge in [-0.2, -0.15) is 0 Å². The highest BCUT2D eigenvalue weighted by Gasteiger charge is 2.25. The van der Waals surface area contributed by atoms with Crippen LogP contribution in [0.4, 0.5) is 5.82 Å². The molecule has 1 aromatic carbocycles. The van der Waals surface area contributed by atoms with Gasteiger partial charge in [-0.25, -0.2) is 4.98 Å². The molecule has 3 nitrogen and oxygen atoms in total. The van der Waals surface area contributed by atoms with E-state index in [4.69, 9.17) is 0 Å². The van der Waals surface area contributed by atoms with E-state index >= 15 is 0 Å². The van der Waals surface area contributed by atoms with E-state index in [1.54, 1.807) is 0 Å². The van der Waals surface area contributed by atoms with Crippen LogP contribution in [0.15, 0.2) is 28.9 Å². The van der Waals surface area contributed by atoms with Crippen LogP contribution in [0, 0.1) is 6.92 Å². The van der Waals surface area contributed by atoms with E-state index in [1.165, 1.54) is 29.2 Å². The number of pyridine rings is 1. The Morgan fingerprint density at radius 3 is 3.00 bits per heavy atom. The molecule has 1 atom stereocenters. The third-order valence-electron chi connectivity index (χ3n) is 4.44. The fourth-order valence-corrected chi connectivity index (χ4v) is 3.86. The molecule has 2 aromatic rings. The summed E-state index contributed by atoms with van der Waals surface area (Å²) in [6, 6.07) is 6.73. The number of aryl methyl sites for hydroxylation is 1. The van der Waals surface area contributed by atoms with Gasteiger partial charge in [-0.05, 0) is 55.7 Å². The summed E-state index contributed by atoms with van der Waals surface area (Å²) in [5.41, 5.74) is 1.27. The second-order valence-electron chi connectivity index (χ2n) is 5.78. The molecule has 112 valence electrons. The van der Waals surface area contributed by atoms with Crippen molar-refractivity contribution in [1.29, 1.82) is 0 Å². The molecule has 0 amide bonds. The number of piperidine rings is 1. The minimum absolute atomic E-state index is 0.242. The lowest BCUT2D eigenvalue weighted by molar-refractivity contribution is 0.262. The van der Waals surface area contributed by atoms with Crippen molar-refractivity contribution in [3.05, 3.63) is 34.4 Å². The molecule has 1 N–H and O–H groups in total. The number of aliphatic hydroxyl groups is 1. The van der Waals surface area contributed by atoms with Crippen molar-refractivity contribution in [1.82, 2.24) is 4.98 Å². The number of benzene rings is 1. The van der Waals surface area contributed by atoms with Gasteiger partial charge in [0, 0.05) is 35.2 Å². The molecular formula is C17H21BrN2O. The van der Waals surface area contributed by atoms with Crippen molar-refractivity contribution in [2.24, 2.45) is 0 Å². The summed E-state index contributed by atoms with van der Waals surface area (Å²) in [7, 11) is 0. The summed E-state index contributed by atoms with van der Waals surface area (Å²) in [5, 5.41) is 11.8. The Morgan fingerprint density at radius 2 is 2.19 bits per heavy atom. The van der Waals surface area contributed by atoms with Crippen LogP contribution in [-0.2, 0) is 0 Å². The predicted octanol–water partition coefficient (Wildman–Crippen LogP) is 4.05. The Morgan fingerprint density at radius 1 is 1.33 bits per heavy atom. The SMILES string of the molecule is Cc1ccc(Br)c2c(N3CCCCC3CCO)nccc12. The number of hydrogen-bond donors (Lipinski definition) is 1. The Kier molecular flexibility index (Phi) is 4.45. The summed E-state index contributed by atoms with van der Waals surface area (Å²) in [5.74, 6) is 1.06. The van der Waals surface area contributed by atoms with E-state index < -0.39 is 0 Å². The van der Waals surface area contributed by atoms with Gasteiger partial charge in [-0.1, -0.05) is 22.0 Å². The van der Waals surface area contributed by atoms with Gasteiger partial charge in [-0.3, -0.25) is 0 Å². The standard InChI is InChI=1S/C17H21BrN2O/c1-12-5-6-15(18)16-14(12)7-9-19-17(16)20-10-3-2-4-13(20)8-11-21/h5-7,9,13,21H,2-4,8,10-11H2,1H3. The van der Waals surface area contributed by atoms with E-state index in [1.807, 2.05) is 6.20 Å². The van der Waals surface area contributed by atoms with Gasteiger partial charge in [0.25, 0.3) is 0 Å². The lowest BCUT2D eigenvalue weighted by Crippen LogP contribution is -2.40. The molecule has 1 fully saturated rings. The smallest absolute Gasteiger partial charge is 0.137 e. The van der Waals surface area contributed by atoms with E-state index in [0.717, 1.165) is 29.7 Å². The summed E-state index contributed by atoms with van der Waals surface area (Å²) in [4.78, 5) is 7.07. The molecule has 0 bridgehead atoms. The molecule has 1 saturated heterocycles. The Balaban J connectivity index is 2.12. The van der Waals surface area contributed by atoms with Crippen molar-refractivity contribution in [3.63, 3.8) is 0 Å². The molecular weight excluding hydrogens is 328 g/mol. The number of hydrogen-bond acceptors (Lipinski definition) is 3. The van der Waals surface area contributed by atoms with Gasteiger partial charge in [-0.15, -0.1) is 0 Å². The van der Waals surface area contributed by atoms with Crippen LogP contribution in [0.3, 0.4) is 0 Å². The Labute approximate surface area is 134 Å². The van der Waals surface area contributed by atoms with E-state index in [2.05, 4.69) is 50.9 Å². The summed E-state index contributed by atoms with van der Waals surface area (Å²) in [6.45, 7) is 3.41. The van der Waals surface area contributed by atoms with Gasteiger partial charge in [0.2, 0.25) is 0 Å². The number of anilines is 1. The molecule has 3 rings (SSSR count).